The Labute approximate surface area is 110 Å². The van der Waals surface area contributed by atoms with Gasteiger partial charge in [-0.2, -0.15) is 0 Å². The Morgan fingerprint density at radius 1 is 1.39 bits per heavy atom. The predicted octanol–water partition coefficient (Wildman–Crippen LogP) is 1.46. The molecule has 6 nitrogen and oxygen atoms in total. The van der Waals surface area contributed by atoms with E-state index in [4.69, 9.17) is 16.7 Å². The second-order valence-corrected chi connectivity index (χ2v) is 5.07. The zero-order valence-electron chi connectivity index (χ0n) is 10.3. The summed E-state index contributed by atoms with van der Waals surface area (Å²) in [6.45, 7) is 4.82. The summed E-state index contributed by atoms with van der Waals surface area (Å²) >= 11 is 5.65. The van der Waals surface area contributed by atoms with Crippen molar-refractivity contribution in [3.8, 4) is 0 Å². The quantitative estimate of drug-likeness (QED) is 0.900. The van der Waals surface area contributed by atoms with E-state index >= 15 is 0 Å². The highest BCUT2D eigenvalue weighted by atomic mass is 35.5. The number of hydrogen-bond acceptors (Lipinski definition) is 4. The Morgan fingerprint density at radius 3 is 2.44 bits per heavy atom. The number of carbonyl (C=O) groups excluding carboxylic acids is 1. The van der Waals surface area contributed by atoms with E-state index in [0.29, 0.717) is 0 Å². The van der Waals surface area contributed by atoms with Crippen molar-refractivity contribution < 1.29 is 14.7 Å². The van der Waals surface area contributed by atoms with Gasteiger partial charge < -0.3 is 10.0 Å². The molecule has 1 heterocycles. The molecule has 18 heavy (non-hydrogen) atoms. The van der Waals surface area contributed by atoms with Crippen LogP contribution in [0.3, 0.4) is 0 Å². The summed E-state index contributed by atoms with van der Waals surface area (Å²) in [6.07, 6.45) is 2.56. The van der Waals surface area contributed by atoms with Crippen LogP contribution in [-0.2, 0) is 4.79 Å². The number of amides is 1. The lowest BCUT2D eigenvalue weighted by atomic mass is 10.1. The Balaban J connectivity index is 3.06. The van der Waals surface area contributed by atoms with Crippen molar-refractivity contribution in [2.45, 2.75) is 26.3 Å². The standard InChI is InChI=1S/C11H14ClN3O3/c1-11(2,3)15(6-9(16)17)10(18)7-4-13-5-8(12)14-7/h4-5H,6H2,1-3H3,(H,16,17). The molecule has 0 fully saturated rings. The van der Waals surface area contributed by atoms with E-state index in [2.05, 4.69) is 9.97 Å². The first-order valence-electron chi connectivity index (χ1n) is 5.23. The van der Waals surface area contributed by atoms with Gasteiger partial charge in [-0.3, -0.25) is 14.6 Å². The summed E-state index contributed by atoms with van der Waals surface area (Å²) in [5.41, 5.74) is -0.613. The monoisotopic (exact) mass is 271 g/mol. The number of carboxylic acid groups (broad SMARTS) is 1. The molecule has 1 rings (SSSR count). The summed E-state index contributed by atoms with van der Waals surface area (Å²) in [5, 5.41) is 8.93. The van der Waals surface area contributed by atoms with E-state index in [9.17, 15) is 9.59 Å². The van der Waals surface area contributed by atoms with Gasteiger partial charge in [-0.15, -0.1) is 0 Å². The molecule has 0 aliphatic heterocycles. The topological polar surface area (TPSA) is 83.4 Å². The van der Waals surface area contributed by atoms with Gasteiger partial charge in [0.05, 0.1) is 12.4 Å². The van der Waals surface area contributed by atoms with Crippen LogP contribution in [0.5, 0.6) is 0 Å². The fraction of sp³-hybridized carbons (Fsp3) is 0.455. The maximum atomic E-state index is 12.2. The first-order chi connectivity index (χ1) is 8.21. The molecule has 0 bridgehead atoms. The van der Waals surface area contributed by atoms with Crippen LogP contribution in [0.1, 0.15) is 31.3 Å². The lowest BCUT2D eigenvalue weighted by Crippen LogP contribution is -2.48. The third-order valence-corrected chi connectivity index (χ3v) is 2.35. The van der Waals surface area contributed by atoms with Gasteiger partial charge in [0.1, 0.15) is 17.4 Å². The van der Waals surface area contributed by atoms with Crippen LogP contribution in [0, 0.1) is 0 Å². The van der Waals surface area contributed by atoms with Crippen molar-refractivity contribution in [2.24, 2.45) is 0 Å². The number of aromatic nitrogens is 2. The third-order valence-electron chi connectivity index (χ3n) is 2.17. The molecule has 0 aliphatic rings. The fourth-order valence-electron chi connectivity index (χ4n) is 1.33. The first-order valence-corrected chi connectivity index (χ1v) is 5.61. The molecule has 1 N–H and O–H groups in total. The van der Waals surface area contributed by atoms with Gasteiger partial charge in [0.2, 0.25) is 0 Å². The summed E-state index contributed by atoms with van der Waals surface area (Å²) in [7, 11) is 0. The number of carboxylic acids is 1. The number of carbonyl (C=O) groups is 2. The molecule has 0 atom stereocenters. The Hall–Kier alpha value is -1.69. The van der Waals surface area contributed by atoms with Crippen LogP contribution < -0.4 is 0 Å². The average molecular weight is 272 g/mol. The lowest BCUT2D eigenvalue weighted by Gasteiger charge is -2.34. The maximum absolute atomic E-state index is 12.2. The number of halogens is 1. The third kappa shape index (κ3) is 3.66. The summed E-state index contributed by atoms with van der Waals surface area (Å²) < 4.78 is 0. The maximum Gasteiger partial charge on any atom is 0.323 e. The fourth-order valence-corrected chi connectivity index (χ4v) is 1.48. The lowest BCUT2D eigenvalue weighted by molar-refractivity contribution is -0.138. The van der Waals surface area contributed by atoms with Crippen molar-refractivity contribution in [3.05, 3.63) is 23.2 Å². The number of nitrogens with zero attached hydrogens (tertiary/aromatic N) is 3. The minimum atomic E-state index is -1.09. The van der Waals surface area contributed by atoms with Crippen LogP contribution in [0.15, 0.2) is 12.4 Å². The van der Waals surface area contributed by atoms with Crippen molar-refractivity contribution in [1.29, 1.82) is 0 Å². The first kappa shape index (κ1) is 14.4. The predicted molar refractivity (Wildman–Crippen MR) is 65.5 cm³/mol. The molecule has 1 amide bonds. The largest absolute Gasteiger partial charge is 0.480 e. The van der Waals surface area contributed by atoms with Crippen molar-refractivity contribution in [1.82, 2.24) is 14.9 Å². The molecule has 0 radical (unpaired) electrons. The molecule has 1 aromatic heterocycles. The molecule has 98 valence electrons. The highest BCUT2D eigenvalue weighted by Crippen LogP contribution is 2.16. The van der Waals surface area contributed by atoms with Crippen LogP contribution >= 0.6 is 11.6 Å². The molecule has 0 unspecified atom stereocenters. The second kappa shape index (κ2) is 5.30. The van der Waals surface area contributed by atoms with E-state index in [1.165, 1.54) is 17.3 Å². The van der Waals surface area contributed by atoms with E-state index in [1.54, 1.807) is 20.8 Å². The van der Waals surface area contributed by atoms with Gasteiger partial charge in [0, 0.05) is 5.54 Å². The summed E-state index contributed by atoms with van der Waals surface area (Å²) in [6, 6.07) is 0. The highest BCUT2D eigenvalue weighted by molar-refractivity contribution is 6.29. The smallest absolute Gasteiger partial charge is 0.323 e. The average Bonchev–Trinajstić information content (AvgIpc) is 2.23. The molecular weight excluding hydrogens is 258 g/mol. The number of aliphatic carboxylic acids is 1. The summed E-state index contributed by atoms with van der Waals surface area (Å²) in [4.78, 5) is 31.8. The van der Waals surface area contributed by atoms with Gasteiger partial charge >= 0.3 is 5.97 Å². The molecule has 0 saturated heterocycles. The SMILES string of the molecule is CC(C)(C)N(CC(=O)O)C(=O)c1cncc(Cl)n1. The number of rotatable bonds is 3. The van der Waals surface area contributed by atoms with E-state index < -0.39 is 24.0 Å². The van der Waals surface area contributed by atoms with Gasteiger partial charge in [0.15, 0.2) is 0 Å². The van der Waals surface area contributed by atoms with E-state index in [-0.39, 0.29) is 10.8 Å². The van der Waals surface area contributed by atoms with Gasteiger partial charge in [-0.1, -0.05) is 11.6 Å². The normalized spacial score (nSPS) is 11.1. The van der Waals surface area contributed by atoms with E-state index in [0.717, 1.165) is 0 Å². The highest BCUT2D eigenvalue weighted by Gasteiger charge is 2.30. The van der Waals surface area contributed by atoms with Crippen LogP contribution in [0.4, 0.5) is 0 Å². The molecule has 7 heteroatoms. The minimum absolute atomic E-state index is 0.0266. The zero-order chi connectivity index (χ0) is 13.9. The van der Waals surface area contributed by atoms with E-state index in [1.807, 2.05) is 0 Å². The Morgan fingerprint density at radius 2 is 2.00 bits per heavy atom. The zero-order valence-corrected chi connectivity index (χ0v) is 11.1. The van der Waals surface area contributed by atoms with Gasteiger partial charge in [0.25, 0.3) is 5.91 Å². The molecule has 0 aromatic carbocycles. The minimum Gasteiger partial charge on any atom is -0.480 e. The molecule has 0 spiro atoms. The van der Waals surface area contributed by atoms with Crippen molar-refractivity contribution in [3.63, 3.8) is 0 Å². The van der Waals surface area contributed by atoms with Crippen molar-refractivity contribution >= 4 is 23.5 Å². The van der Waals surface area contributed by atoms with Gasteiger partial charge in [-0.25, -0.2) is 4.98 Å². The Kier molecular flexibility index (Phi) is 4.24. The molecule has 0 aliphatic carbocycles. The van der Waals surface area contributed by atoms with Crippen LogP contribution in [-0.4, -0.2) is 43.9 Å². The van der Waals surface area contributed by atoms with Gasteiger partial charge in [-0.05, 0) is 20.8 Å². The Bertz CT molecular complexity index is 471. The molecular formula is C11H14ClN3O3. The summed E-state index contributed by atoms with van der Waals surface area (Å²) in [5.74, 6) is -1.60. The molecule has 1 aromatic rings. The molecule has 0 saturated carbocycles. The number of hydrogen-bond donors (Lipinski definition) is 1. The van der Waals surface area contributed by atoms with Crippen LogP contribution in [0.2, 0.25) is 5.15 Å². The van der Waals surface area contributed by atoms with Crippen LogP contribution in [0.25, 0.3) is 0 Å². The van der Waals surface area contributed by atoms with Crippen molar-refractivity contribution in [2.75, 3.05) is 6.54 Å². The second-order valence-electron chi connectivity index (χ2n) is 4.68.